The van der Waals surface area contributed by atoms with Gasteiger partial charge in [0.05, 0.1) is 10.7 Å². The van der Waals surface area contributed by atoms with E-state index < -0.39 is 0 Å². The van der Waals surface area contributed by atoms with Gasteiger partial charge in [-0.25, -0.2) is 0 Å². The molecule has 2 unspecified atom stereocenters. The van der Waals surface area contributed by atoms with Crippen LogP contribution >= 0.6 is 23.2 Å². The molecule has 1 aromatic rings. The lowest BCUT2D eigenvalue weighted by atomic mass is 10.1. The molecule has 2 heterocycles. The second-order valence-electron chi connectivity index (χ2n) is 5.37. The van der Waals surface area contributed by atoms with Crippen LogP contribution in [-0.4, -0.2) is 30.1 Å². The molecule has 18 heavy (non-hydrogen) atoms. The molecule has 0 amide bonds. The second kappa shape index (κ2) is 4.92. The van der Waals surface area contributed by atoms with Crippen LogP contribution < -0.4 is 5.32 Å². The van der Waals surface area contributed by atoms with Crippen LogP contribution in [0.2, 0.25) is 10.0 Å². The summed E-state index contributed by atoms with van der Waals surface area (Å²) in [6, 6.07) is 5.09. The minimum absolute atomic E-state index is 0.517. The average molecular weight is 285 g/mol. The molecule has 2 nitrogen and oxygen atoms in total. The first kappa shape index (κ1) is 12.6. The Bertz CT molecular complexity index is 461. The molecular formula is C14H18Cl2N2. The molecule has 2 aliphatic rings. The Hall–Kier alpha value is -0.440. The van der Waals surface area contributed by atoms with Crippen molar-refractivity contribution < 1.29 is 0 Å². The monoisotopic (exact) mass is 284 g/mol. The van der Waals surface area contributed by atoms with E-state index in [9.17, 15) is 0 Å². The lowest BCUT2D eigenvalue weighted by molar-refractivity contribution is 0.318. The quantitative estimate of drug-likeness (QED) is 0.885. The zero-order valence-electron chi connectivity index (χ0n) is 10.5. The van der Waals surface area contributed by atoms with Crippen LogP contribution in [0, 0.1) is 6.92 Å². The maximum Gasteiger partial charge on any atom is 0.0641 e. The van der Waals surface area contributed by atoms with Crippen LogP contribution in [0.3, 0.4) is 0 Å². The van der Waals surface area contributed by atoms with Crippen molar-refractivity contribution in [2.45, 2.75) is 38.3 Å². The predicted octanol–water partition coefficient (Wildman–Crippen LogP) is 3.95. The van der Waals surface area contributed by atoms with Gasteiger partial charge in [-0.05, 0) is 50.4 Å². The smallest absolute Gasteiger partial charge is 0.0641 e. The van der Waals surface area contributed by atoms with Crippen LogP contribution in [0.1, 0.15) is 24.8 Å². The van der Waals surface area contributed by atoms with Crippen molar-refractivity contribution in [2.75, 3.05) is 18.4 Å². The van der Waals surface area contributed by atoms with Gasteiger partial charge in [-0.3, -0.25) is 4.90 Å². The molecule has 0 bridgehead atoms. The number of halogens is 2. The first-order valence-corrected chi connectivity index (χ1v) is 7.37. The van der Waals surface area contributed by atoms with Crippen LogP contribution in [0.15, 0.2) is 12.1 Å². The van der Waals surface area contributed by atoms with E-state index >= 15 is 0 Å². The summed E-state index contributed by atoms with van der Waals surface area (Å²) in [7, 11) is 0. The highest BCUT2D eigenvalue weighted by Gasteiger charge is 2.37. The number of benzene rings is 1. The SMILES string of the molecule is Cc1cc(Cl)c(NC2CCN3CCCC23)cc1Cl. The molecular weight excluding hydrogens is 267 g/mol. The summed E-state index contributed by atoms with van der Waals surface area (Å²) in [6.07, 6.45) is 3.83. The number of hydrogen-bond donors (Lipinski definition) is 1. The van der Waals surface area contributed by atoms with Gasteiger partial charge in [0.25, 0.3) is 0 Å². The standard InChI is InChI=1S/C14H18Cl2N2/c1-9-7-11(16)13(8-10(9)15)17-12-4-6-18-5-2-3-14(12)18/h7-8,12,14,17H,2-6H2,1H3. The fourth-order valence-corrected chi connectivity index (χ4v) is 3.64. The molecule has 0 radical (unpaired) electrons. The van der Waals surface area contributed by atoms with Gasteiger partial charge in [0.15, 0.2) is 0 Å². The minimum Gasteiger partial charge on any atom is -0.379 e. The first-order valence-electron chi connectivity index (χ1n) is 6.61. The van der Waals surface area contributed by atoms with Crippen molar-refractivity contribution in [2.24, 2.45) is 0 Å². The van der Waals surface area contributed by atoms with E-state index in [1.165, 1.54) is 32.4 Å². The fraction of sp³-hybridized carbons (Fsp3) is 0.571. The summed E-state index contributed by atoms with van der Waals surface area (Å²) in [6.45, 7) is 4.44. The minimum atomic E-state index is 0.517. The molecule has 2 aliphatic heterocycles. The van der Waals surface area contributed by atoms with Crippen molar-refractivity contribution >= 4 is 28.9 Å². The fourth-order valence-electron chi connectivity index (χ4n) is 3.21. The van der Waals surface area contributed by atoms with Gasteiger partial charge in [0, 0.05) is 23.7 Å². The predicted molar refractivity (Wildman–Crippen MR) is 77.8 cm³/mol. The molecule has 98 valence electrons. The van der Waals surface area contributed by atoms with Crippen LogP contribution in [-0.2, 0) is 0 Å². The van der Waals surface area contributed by atoms with Crippen molar-refractivity contribution in [3.8, 4) is 0 Å². The van der Waals surface area contributed by atoms with Crippen molar-refractivity contribution in [3.63, 3.8) is 0 Å². The molecule has 0 aromatic heterocycles. The Balaban J connectivity index is 1.78. The second-order valence-corrected chi connectivity index (χ2v) is 6.18. The van der Waals surface area contributed by atoms with Crippen molar-refractivity contribution in [1.29, 1.82) is 0 Å². The summed E-state index contributed by atoms with van der Waals surface area (Å²) in [4.78, 5) is 2.58. The van der Waals surface area contributed by atoms with E-state index in [4.69, 9.17) is 23.2 Å². The number of rotatable bonds is 2. The lowest BCUT2D eigenvalue weighted by Gasteiger charge is -2.23. The third-order valence-electron chi connectivity index (χ3n) is 4.20. The molecule has 2 saturated heterocycles. The average Bonchev–Trinajstić information content (AvgIpc) is 2.90. The molecule has 4 heteroatoms. The molecule has 1 N–H and O–H groups in total. The number of aryl methyl sites for hydroxylation is 1. The topological polar surface area (TPSA) is 15.3 Å². The summed E-state index contributed by atoms with van der Waals surface area (Å²) in [5.74, 6) is 0. The number of nitrogens with one attached hydrogen (secondary N) is 1. The van der Waals surface area contributed by atoms with Gasteiger partial charge in [-0.2, -0.15) is 0 Å². The highest BCUT2D eigenvalue weighted by atomic mass is 35.5. The Kier molecular flexibility index (Phi) is 3.44. The number of anilines is 1. The summed E-state index contributed by atoms with van der Waals surface area (Å²) in [5, 5.41) is 5.14. The molecule has 1 aromatic carbocycles. The van der Waals surface area contributed by atoms with Gasteiger partial charge >= 0.3 is 0 Å². The van der Waals surface area contributed by atoms with Gasteiger partial charge < -0.3 is 5.32 Å². The molecule has 2 fully saturated rings. The molecule has 0 spiro atoms. The summed E-state index contributed by atoms with van der Waals surface area (Å²) >= 11 is 12.5. The highest BCUT2D eigenvalue weighted by molar-refractivity contribution is 6.35. The number of fused-ring (bicyclic) bond motifs is 1. The lowest BCUT2D eigenvalue weighted by Crippen LogP contribution is -2.33. The number of nitrogens with zero attached hydrogens (tertiary/aromatic N) is 1. The zero-order valence-corrected chi connectivity index (χ0v) is 12.1. The largest absolute Gasteiger partial charge is 0.379 e. The number of hydrogen-bond acceptors (Lipinski definition) is 2. The van der Waals surface area contributed by atoms with Crippen molar-refractivity contribution in [3.05, 3.63) is 27.7 Å². The maximum atomic E-state index is 6.29. The van der Waals surface area contributed by atoms with Gasteiger partial charge in [0.1, 0.15) is 0 Å². The summed E-state index contributed by atoms with van der Waals surface area (Å²) in [5.41, 5.74) is 2.01. The Morgan fingerprint density at radius 3 is 2.83 bits per heavy atom. The Labute approximate surface area is 118 Å². The van der Waals surface area contributed by atoms with E-state index in [-0.39, 0.29) is 0 Å². The molecule has 0 saturated carbocycles. The maximum absolute atomic E-state index is 6.29. The molecule has 3 rings (SSSR count). The van der Waals surface area contributed by atoms with Gasteiger partial charge in [-0.1, -0.05) is 23.2 Å². The van der Waals surface area contributed by atoms with E-state index in [1.807, 2.05) is 19.1 Å². The zero-order chi connectivity index (χ0) is 12.7. The van der Waals surface area contributed by atoms with Gasteiger partial charge in [-0.15, -0.1) is 0 Å². The van der Waals surface area contributed by atoms with E-state index in [0.29, 0.717) is 12.1 Å². The molecule has 0 aliphatic carbocycles. The van der Waals surface area contributed by atoms with Crippen LogP contribution in [0.25, 0.3) is 0 Å². The van der Waals surface area contributed by atoms with E-state index in [0.717, 1.165) is 21.3 Å². The highest BCUT2D eigenvalue weighted by Crippen LogP contribution is 2.34. The third kappa shape index (κ3) is 2.22. The van der Waals surface area contributed by atoms with E-state index in [2.05, 4.69) is 10.2 Å². The summed E-state index contributed by atoms with van der Waals surface area (Å²) < 4.78 is 0. The van der Waals surface area contributed by atoms with Crippen LogP contribution in [0.5, 0.6) is 0 Å². The third-order valence-corrected chi connectivity index (χ3v) is 4.92. The van der Waals surface area contributed by atoms with Crippen LogP contribution in [0.4, 0.5) is 5.69 Å². The Morgan fingerprint density at radius 2 is 2.00 bits per heavy atom. The van der Waals surface area contributed by atoms with Crippen molar-refractivity contribution in [1.82, 2.24) is 4.90 Å². The normalized spacial score (nSPS) is 27.5. The Morgan fingerprint density at radius 1 is 1.17 bits per heavy atom. The molecule has 2 atom stereocenters. The van der Waals surface area contributed by atoms with Gasteiger partial charge in [0.2, 0.25) is 0 Å². The first-order chi connectivity index (χ1) is 8.65. The van der Waals surface area contributed by atoms with E-state index in [1.54, 1.807) is 0 Å².